The topological polar surface area (TPSA) is 0 Å². The summed E-state index contributed by atoms with van der Waals surface area (Å²) in [5.74, 6) is -0.427. The van der Waals surface area contributed by atoms with Crippen molar-refractivity contribution in [3.8, 4) is 11.1 Å². The third-order valence-electron chi connectivity index (χ3n) is 24.1. The zero-order valence-electron chi connectivity index (χ0n) is 94.0. The van der Waals surface area contributed by atoms with E-state index in [0.717, 1.165) is 12.8 Å². The lowest BCUT2D eigenvalue weighted by Crippen LogP contribution is -2.29. The molecule has 8 aromatic rings. The monoisotopic (exact) mass is 1700 g/mol. The van der Waals surface area contributed by atoms with Crippen molar-refractivity contribution in [1.29, 1.82) is 0 Å². The summed E-state index contributed by atoms with van der Waals surface area (Å²) in [4.78, 5) is 0. The molecule has 0 aromatic heterocycles. The standard InChI is InChI=1S/C22H38.C20H26.3C18H30.C15H24.C14H22/c1-19(2,3)15-13-16(20(4,5)6)18(22(10,11)12)17(14-15)21(7,8)9;1-19(2,3)17-14-10-13-16(18(17)20(4,5)6)15-11-8-7-9-12-15;1-16(2,3)13-10-14(17(4,5)6)12-15(11-13)18(7,8)9;2*1-16(2,3)13-10-11-14(17(4,5)6)15(12-13)18(7,8)9;1-6-12(7-2)13-10-8-9-11-14(13)15(3,4)5;1-13(2,3)11-9-7-8-10-12(11)14(4,5)6/h13-14H,1-12H3;7-14H,1-6H3;3*10-12H,1-9H3;8-12H,6-7H2,1-5H3;7-10H,1-6H3/i;;;;;12D;. The van der Waals surface area contributed by atoms with Crippen molar-refractivity contribution in [1.82, 2.24) is 0 Å². The lowest BCUT2D eigenvalue weighted by molar-refractivity contribution is 0.490. The second-order valence-electron chi connectivity index (χ2n) is 55.3. The first-order valence-corrected chi connectivity index (χ1v) is 48.3. The molecule has 0 aliphatic rings. The van der Waals surface area contributed by atoms with E-state index in [2.05, 4.69) is 552 Å². The molecule has 0 nitrogen and oxygen atoms in total. The first-order chi connectivity index (χ1) is 55.7. The minimum absolute atomic E-state index is 0.118. The summed E-state index contributed by atoms with van der Waals surface area (Å²) in [6, 6.07) is 60.8. The van der Waals surface area contributed by atoms with Crippen LogP contribution in [0.15, 0.2) is 164 Å². The van der Waals surface area contributed by atoms with Gasteiger partial charge in [-0.3, -0.25) is 0 Å². The van der Waals surface area contributed by atoms with Crippen LogP contribution in [-0.4, -0.2) is 0 Å². The predicted octanol–water partition coefficient (Wildman–Crippen LogP) is 38.7. The quantitative estimate of drug-likeness (QED) is 0.165. The van der Waals surface area contributed by atoms with Crippen molar-refractivity contribution < 1.29 is 1.37 Å². The van der Waals surface area contributed by atoms with Gasteiger partial charge in [-0.15, -0.1) is 0 Å². The fourth-order valence-corrected chi connectivity index (χ4v) is 16.3. The van der Waals surface area contributed by atoms with Crippen LogP contribution >= 0.6 is 0 Å². The van der Waals surface area contributed by atoms with E-state index in [-0.39, 0.29) is 97.5 Å². The molecule has 0 amide bonds. The summed E-state index contributed by atoms with van der Waals surface area (Å²) in [6.45, 7) is 128. The molecular formula is C125H200. The second-order valence-corrected chi connectivity index (χ2v) is 55.3. The number of hydrogen-bond acceptors (Lipinski definition) is 0. The third kappa shape index (κ3) is 35.2. The Bertz CT molecular complexity index is 4480. The van der Waals surface area contributed by atoms with Crippen molar-refractivity contribution in [3.05, 3.63) is 269 Å². The van der Waals surface area contributed by atoms with Gasteiger partial charge in [-0.25, -0.2) is 0 Å². The molecule has 0 aliphatic carbocycles. The van der Waals surface area contributed by atoms with E-state index in [1.165, 1.54) is 111 Å². The molecule has 0 spiro atoms. The molecular weight excluding hydrogens is 1500 g/mol. The normalized spacial score (nSPS) is 13.6. The number of rotatable bonds is 4. The average Bonchev–Trinajstić information content (AvgIpc) is 0.746. The zero-order valence-corrected chi connectivity index (χ0v) is 93.0. The van der Waals surface area contributed by atoms with Crippen LogP contribution < -0.4 is 0 Å². The van der Waals surface area contributed by atoms with Gasteiger partial charge in [0.1, 0.15) is 0 Å². The van der Waals surface area contributed by atoms with Crippen molar-refractivity contribution in [2.24, 2.45) is 0 Å². The Labute approximate surface area is 780 Å². The van der Waals surface area contributed by atoms with Crippen LogP contribution in [0.3, 0.4) is 0 Å². The summed E-state index contributed by atoms with van der Waals surface area (Å²) >= 11 is 0. The highest BCUT2D eigenvalue weighted by Crippen LogP contribution is 2.47. The largest absolute Gasteiger partial charge is 0.0648 e. The smallest absolute Gasteiger partial charge is 0.0352 e. The fraction of sp³-hybridized carbons (Fsp3) is 0.616. The molecule has 0 heteroatoms. The van der Waals surface area contributed by atoms with Gasteiger partial charge < -0.3 is 0 Å². The molecule has 0 saturated carbocycles. The molecule has 0 radical (unpaired) electrons. The van der Waals surface area contributed by atoms with Gasteiger partial charge in [0.05, 0.1) is 0 Å². The van der Waals surface area contributed by atoms with E-state index in [1.807, 2.05) is 0 Å². The van der Waals surface area contributed by atoms with Gasteiger partial charge in [-0.05, 0) is 233 Å². The predicted molar refractivity (Wildman–Crippen MR) is 570 cm³/mol. The van der Waals surface area contributed by atoms with Crippen LogP contribution in [0.1, 0.15) is 514 Å². The molecule has 0 N–H and O–H groups in total. The van der Waals surface area contributed by atoms with Crippen LogP contribution in [0.5, 0.6) is 0 Å². The maximum absolute atomic E-state index is 8.58. The lowest BCUT2D eigenvalue weighted by atomic mass is 9.66. The van der Waals surface area contributed by atoms with E-state index < -0.39 is 5.89 Å². The lowest BCUT2D eigenvalue weighted by Gasteiger charge is -2.38. The third-order valence-corrected chi connectivity index (χ3v) is 24.1. The van der Waals surface area contributed by atoms with Crippen LogP contribution in [0.25, 0.3) is 11.1 Å². The van der Waals surface area contributed by atoms with Gasteiger partial charge in [0.2, 0.25) is 0 Å². The fourth-order valence-electron chi connectivity index (χ4n) is 16.3. The highest BCUT2D eigenvalue weighted by atomic mass is 14.4. The SMILES string of the molecule is CC(C)(C)c1cc(C(C)(C)C)c(C(C)(C)C)c(C(C)(C)C)c1.CC(C)(C)c1cc(C(C)(C)C)cc(C(C)(C)C)c1.CC(C)(C)c1ccc(C(C)(C)C)c(C(C)(C)C)c1.CC(C)(C)c1ccc(C(C)(C)C)c(C(C)(C)C)c1.CC(C)(C)c1cccc(-c2ccccc2)c1C(C)(C)C.CC(C)(C)c1ccccc1C(C)(C)C.[2H]C(CC)(CC)c1ccccc1C(C)(C)C. The van der Waals surface area contributed by atoms with Gasteiger partial charge in [0, 0.05) is 1.37 Å². The van der Waals surface area contributed by atoms with Crippen molar-refractivity contribution >= 4 is 0 Å². The Balaban J connectivity index is 0.000000500. The van der Waals surface area contributed by atoms with E-state index in [0.29, 0.717) is 0 Å². The minimum Gasteiger partial charge on any atom is -0.0648 e. The van der Waals surface area contributed by atoms with Crippen molar-refractivity contribution in [2.75, 3.05) is 0 Å². The van der Waals surface area contributed by atoms with Gasteiger partial charge >= 0.3 is 0 Å². The van der Waals surface area contributed by atoms with Gasteiger partial charge in [0.25, 0.3) is 0 Å². The summed E-state index contributed by atoms with van der Waals surface area (Å²) in [7, 11) is 0. The molecule has 0 unspecified atom stereocenters. The van der Waals surface area contributed by atoms with Gasteiger partial charge in [-0.1, -0.05) is 552 Å². The second kappa shape index (κ2) is 41.5. The first kappa shape index (κ1) is 113. The van der Waals surface area contributed by atoms with Crippen LogP contribution in [0, 0.1) is 0 Å². The molecule has 0 fully saturated rings. The van der Waals surface area contributed by atoms with Crippen LogP contribution in [0.4, 0.5) is 0 Å². The maximum Gasteiger partial charge on any atom is 0.0352 e. The summed E-state index contributed by atoms with van der Waals surface area (Å²) in [5, 5.41) is 0. The molecule has 125 heavy (non-hydrogen) atoms. The highest BCUT2D eigenvalue weighted by molar-refractivity contribution is 5.71. The minimum atomic E-state index is -0.427. The number of hydrogen-bond donors (Lipinski definition) is 0. The molecule has 0 atom stereocenters. The molecule has 0 aliphatic heterocycles. The highest BCUT2D eigenvalue weighted by Gasteiger charge is 2.36. The van der Waals surface area contributed by atoms with E-state index >= 15 is 0 Å². The average molecular weight is 1700 g/mol. The number of benzene rings is 8. The Morgan fingerprint density at radius 2 is 0.400 bits per heavy atom. The van der Waals surface area contributed by atoms with E-state index in [4.69, 9.17) is 1.37 Å². The van der Waals surface area contributed by atoms with Crippen molar-refractivity contribution in [2.45, 2.75) is 504 Å². The van der Waals surface area contributed by atoms with E-state index in [1.54, 1.807) is 5.56 Å². The molecule has 0 saturated heterocycles. The maximum atomic E-state index is 8.58. The van der Waals surface area contributed by atoms with Crippen molar-refractivity contribution in [3.63, 3.8) is 0 Å². The Morgan fingerprint density at radius 3 is 0.648 bits per heavy atom. The molecule has 0 bridgehead atoms. The summed E-state index contributed by atoms with van der Waals surface area (Å²) in [5.41, 5.74) is 33.6. The molecule has 8 aromatic carbocycles. The molecule has 700 valence electrons. The summed E-state index contributed by atoms with van der Waals surface area (Å²) < 4.78 is 8.58. The first-order valence-electron chi connectivity index (χ1n) is 48.8. The van der Waals surface area contributed by atoms with E-state index in [9.17, 15) is 0 Å². The Hall–Kier alpha value is -6.24. The zero-order chi connectivity index (χ0) is 99.1. The summed E-state index contributed by atoms with van der Waals surface area (Å²) in [6.07, 6.45) is 1.74. The van der Waals surface area contributed by atoms with Crippen LogP contribution in [-0.2, 0) is 97.5 Å². The van der Waals surface area contributed by atoms with Crippen LogP contribution in [0.2, 0.25) is 0 Å². The Morgan fingerprint density at radius 1 is 0.176 bits per heavy atom. The molecule has 8 rings (SSSR count). The van der Waals surface area contributed by atoms with Gasteiger partial charge in [-0.2, -0.15) is 0 Å². The molecule has 0 heterocycles. The Kier molecular flexibility index (Phi) is 37.5. The van der Waals surface area contributed by atoms with Gasteiger partial charge in [0.15, 0.2) is 0 Å².